The Bertz CT molecular complexity index is 733. The molecule has 1 aliphatic carbocycles. The lowest BCUT2D eigenvalue weighted by Gasteiger charge is -2.19. The maximum atomic E-state index is 12.8. The number of sulfonamides is 1. The van der Waals surface area contributed by atoms with Crippen LogP contribution in [0.5, 0.6) is 0 Å². The highest BCUT2D eigenvalue weighted by Crippen LogP contribution is 2.36. The van der Waals surface area contributed by atoms with Crippen LogP contribution < -0.4 is 5.32 Å². The van der Waals surface area contributed by atoms with E-state index >= 15 is 0 Å². The first-order valence-corrected chi connectivity index (χ1v) is 9.34. The number of hydrogen-bond acceptors (Lipinski definition) is 3. The predicted molar refractivity (Wildman–Crippen MR) is 84.3 cm³/mol. The summed E-state index contributed by atoms with van der Waals surface area (Å²) in [6, 6.07) is 2.97. The molecule has 10 heteroatoms. The van der Waals surface area contributed by atoms with Gasteiger partial charge in [0.15, 0.2) is 0 Å². The highest BCUT2D eigenvalue weighted by molar-refractivity contribution is 7.88. The third-order valence-electron chi connectivity index (χ3n) is 3.49. The fraction of sp³-hybridized carbons (Fsp3) is 0.500. The molecule has 0 heterocycles. The zero-order valence-electron chi connectivity index (χ0n) is 12.7. The van der Waals surface area contributed by atoms with Gasteiger partial charge >= 0.3 is 6.18 Å². The number of alkyl halides is 3. The normalized spacial score (nSPS) is 15.6. The molecule has 1 fully saturated rings. The second-order valence-electron chi connectivity index (χ2n) is 5.60. The molecule has 1 aliphatic rings. The first-order chi connectivity index (χ1) is 11.0. The first kappa shape index (κ1) is 19.0. The van der Waals surface area contributed by atoms with Crippen molar-refractivity contribution in [3.05, 3.63) is 28.8 Å². The van der Waals surface area contributed by atoms with Crippen LogP contribution in [0, 0.1) is 0 Å². The highest BCUT2D eigenvalue weighted by Gasteiger charge is 2.35. The molecular formula is C14H16ClF3N2O3S. The van der Waals surface area contributed by atoms with E-state index in [-0.39, 0.29) is 24.7 Å². The third-order valence-corrected chi connectivity index (χ3v) is 5.16. The van der Waals surface area contributed by atoms with E-state index in [1.54, 1.807) is 0 Å². The Hall–Kier alpha value is -1.32. The highest BCUT2D eigenvalue weighted by atomic mass is 35.5. The molecule has 0 radical (unpaired) electrons. The number of benzene rings is 1. The Kier molecular flexibility index (Phi) is 5.46. The van der Waals surface area contributed by atoms with Crippen molar-refractivity contribution in [2.24, 2.45) is 0 Å². The van der Waals surface area contributed by atoms with Crippen molar-refractivity contribution in [2.45, 2.75) is 31.5 Å². The lowest BCUT2D eigenvalue weighted by atomic mass is 10.2. The van der Waals surface area contributed by atoms with Gasteiger partial charge < -0.3 is 5.32 Å². The largest absolute Gasteiger partial charge is 0.417 e. The number of halogens is 4. The molecule has 0 aliphatic heterocycles. The van der Waals surface area contributed by atoms with Crippen LogP contribution in [0.25, 0.3) is 0 Å². The topological polar surface area (TPSA) is 66.5 Å². The summed E-state index contributed by atoms with van der Waals surface area (Å²) in [6.07, 6.45) is -2.20. The number of nitrogens with one attached hydrogen (secondary N) is 1. The molecule has 0 unspecified atom stereocenters. The van der Waals surface area contributed by atoms with Crippen LogP contribution in [0.3, 0.4) is 0 Å². The number of carbonyl (C=O) groups excluding carboxylic acids is 1. The molecule has 0 aromatic heterocycles. The van der Waals surface area contributed by atoms with E-state index < -0.39 is 32.7 Å². The third kappa shape index (κ3) is 5.09. The number of rotatable bonds is 6. The summed E-state index contributed by atoms with van der Waals surface area (Å²) in [5, 5.41) is 1.87. The van der Waals surface area contributed by atoms with Crippen molar-refractivity contribution < 1.29 is 26.4 Å². The molecule has 0 atom stereocenters. The molecule has 1 aromatic rings. The van der Waals surface area contributed by atoms with E-state index in [4.69, 9.17) is 11.6 Å². The monoisotopic (exact) mass is 384 g/mol. The van der Waals surface area contributed by atoms with Crippen molar-refractivity contribution in [1.29, 1.82) is 0 Å². The van der Waals surface area contributed by atoms with Gasteiger partial charge in [-0.2, -0.15) is 17.5 Å². The minimum Gasteiger partial charge on any atom is -0.326 e. The average Bonchev–Trinajstić information content (AvgIpc) is 3.23. The minimum atomic E-state index is -4.63. The molecule has 2 rings (SSSR count). The van der Waals surface area contributed by atoms with Gasteiger partial charge in [-0.1, -0.05) is 11.6 Å². The van der Waals surface area contributed by atoms with Crippen LogP contribution in [0.2, 0.25) is 5.02 Å². The van der Waals surface area contributed by atoms with Crippen LogP contribution in [0.15, 0.2) is 18.2 Å². The smallest absolute Gasteiger partial charge is 0.326 e. The second-order valence-corrected chi connectivity index (χ2v) is 7.94. The van der Waals surface area contributed by atoms with E-state index in [2.05, 4.69) is 5.32 Å². The lowest BCUT2D eigenvalue weighted by Crippen LogP contribution is -2.34. The number of nitrogens with zero attached hydrogens (tertiary/aromatic N) is 1. The predicted octanol–water partition coefficient (Wildman–Crippen LogP) is 3.11. The van der Waals surface area contributed by atoms with E-state index in [0.717, 1.165) is 31.2 Å². The van der Waals surface area contributed by atoms with Crippen molar-refractivity contribution >= 4 is 33.2 Å². The molecule has 0 saturated heterocycles. The van der Waals surface area contributed by atoms with Gasteiger partial charge in [-0.25, -0.2) is 8.42 Å². The second kappa shape index (κ2) is 6.89. The summed E-state index contributed by atoms with van der Waals surface area (Å²) in [5.41, 5.74) is -1.09. The minimum absolute atomic E-state index is 0.00491. The summed E-state index contributed by atoms with van der Waals surface area (Å²) in [4.78, 5) is 11.9. The Labute approximate surface area is 142 Å². The molecule has 1 saturated carbocycles. The molecule has 1 aromatic carbocycles. The van der Waals surface area contributed by atoms with Gasteiger partial charge in [0.05, 0.1) is 16.8 Å². The van der Waals surface area contributed by atoms with Crippen LogP contribution in [-0.4, -0.2) is 37.5 Å². The van der Waals surface area contributed by atoms with Gasteiger partial charge in [-0.15, -0.1) is 0 Å². The molecule has 0 bridgehead atoms. The van der Waals surface area contributed by atoms with E-state index in [1.807, 2.05) is 0 Å². The average molecular weight is 385 g/mol. The van der Waals surface area contributed by atoms with Crippen molar-refractivity contribution in [1.82, 2.24) is 4.31 Å². The summed E-state index contributed by atoms with van der Waals surface area (Å²) in [5.74, 6) is -0.570. The van der Waals surface area contributed by atoms with E-state index in [1.165, 1.54) is 10.4 Å². The fourth-order valence-electron chi connectivity index (χ4n) is 2.24. The van der Waals surface area contributed by atoms with Crippen LogP contribution in [-0.2, 0) is 21.0 Å². The summed E-state index contributed by atoms with van der Waals surface area (Å²) >= 11 is 5.51. The maximum absolute atomic E-state index is 12.8. The summed E-state index contributed by atoms with van der Waals surface area (Å²) < 4.78 is 62.8. The fourth-order valence-corrected chi connectivity index (χ4v) is 3.64. The molecule has 1 amide bonds. The number of carbonyl (C=O) groups is 1. The Morgan fingerprint density at radius 1 is 1.38 bits per heavy atom. The van der Waals surface area contributed by atoms with Crippen LogP contribution in [0.4, 0.5) is 18.9 Å². The van der Waals surface area contributed by atoms with Gasteiger partial charge in [0, 0.05) is 24.7 Å². The van der Waals surface area contributed by atoms with Gasteiger partial charge in [-0.05, 0) is 31.0 Å². The Morgan fingerprint density at radius 2 is 2.00 bits per heavy atom. The van der Waals surface area contributed by atoms with Crippen LogP contribution >= 0.6 is 11.6 Å². The lowest BCUT2D eigenvalue weighted by molar-refractivity contribution is -0.137. The Balaban J connectivity index is 2.00. The molecule has 1 N–H and O–H groups in total. The standard InChI is InChI=1S/C14H16ClF3N2O3S/c1-24(22,23)20(10-3-4-10)7-6-13(21)19-9-2-5-12(15)11(8-9)14(16,17)18/h2,5,8,10H,3-4,6-7H2,1H3,(H,19,21). The molecular weight excluding hydrogens is 369 g/mol. The van der Waals surface area contributed by atoms with Crippen molar-refractivity contribution in [3.63, 3.8) is 0 Å². The van der Waals surface area contributed by atoms with Gasteiger partial charge in [0.25, 0.3) is 0 Å². The van der Waals surface area contributed by atoms with Gasteiger partial charge in [0.1, 0.15) is 0 Å². The van der Waals surface area contributed by atoms with Gasteiger partial charge in [0.2, 0.25) is 15.9 Å². The van der Waals surface area contributed by atoms with Gasteiger partial charge in [-0.3, -0.25) is 4.79 Å². The summed E-state index contributed by atoms with van der Waals surface area (Å²) in [6.45, 7) is -0.00491. The van der Waals surface area contributed by atoms with Crippen LogP contribution in [0.1, 0.15) is 24.8 Å². The van der Waals surface area contributed by atoms with Crippen molar-refractivity contribution in [2.75, 3.05) is 18.1 Å². The number of hydrogen-bond donors (Lipinski definition) is 1. The number of anilines is 1. The quantitative estimate of drug-likeness (QED) is 0.819. The SMILES string of the molecule is CS(=O)(=O)N(CCC(=O)Nc1ccc(Cl)c(C(F)(F)F)c1)C1CC1. The molecule has 5 nitrogen and oxygen atoms in total. The Morgan fingerprint density at radius 3 is 2.50 bits per heavy atom. The summed E-state index contributed by atoms with van der Waals surface area (Å²) in [7, 11) is -3.41. The first-order valence-electron chi connectivity index (χ1n) is 7.12. The molecule has 24 heavy (non-hydrogen) atoms. The maximum Gasteiger partial charge on any atom is 0.417 e. The zero-order chi connectivity index (χ0) is 18.1. The van der Waals surface area contributed by atoms with E-state index in [0.29, 0.717) is 0 Å². The molecule has 0 spiro atoms. The van der Waals surface area contributed by atoms with Crippen molar-refractivity contribution in [3.8, 4) is 0 Å². The van der Waals surface area contributed by atoms with E-state index in [9.17, 15) is 26.4 Å². The zero-order valence-corrected chi connectivity index (χ0v) is 14.3. The number of amides is 1. The molecule has 134 valence electrons.